The molecule has 0 aliphatic rings. The SMILES string of the molecule is CCN(CC)CCN(C(=O)c1ccn(C)n1)c1nc2c(F)cc(F)cc2s1.Cl. The number of halogens is 3. The zero-order chi connectivity index (χ0) is 19.6. The third kappa shape index (κ3) is 4.65. The molecule has 0 spiro atoms. The van der Waals surface area contributed by atoms with Crippen LogP contribution in [0.1, 0.15) is 24.3 Å². The minimum absolute atomic E-state index is 0. The summed E-state index contributed by atoms with van der Waals surface area (Å²) in [5.41, 5.74) is 0.348. The first-order valence-corrected chi connectivity index (χ1v) is 9.54. The van der Waals surface area contributed by atoms with Crippen LogP contribution in [0.4, 0.5) is 13.9 Å². The van der Waals surface area contributed by atoms with Crippen molar-refractivity contribution >= 4 is 45.0 Å². The van der Waals surface area contributed by atoms with Crippen LogP contribution in [0.25, 0.3) is 10.2 Å². The number of rotatable bonds is 7. The monoisotopic (exact) mass is 429 g/mol. The number of fused-ring (bicyclic) bond motifs is 1. The first-order chi connectivity index (χ1) is 12.9. The molecule has 0 fully saturated rings. The fourth-order valence-corrected chi connectivity index (χ4v) is 3.82. The summed E-state index contributed by atoms with van der Waals surface area (Å²) in [4.78, 5) is 20.9. The van der Waals surface area contributed by atoms with E-state index in [2.05, 4.69) is 15.0 Å². The second-order valence-electron chi connectivity index (χ2n) is 6.09. The maximum atomic E-state index is 14.1. The molecule has 0 aliphatic carbocycles. The maximum absolute atomic E-state index is 14.1. The van der Waals surface area contributed by atoms with E-state index in [9.17, 15) is 13.6 Å². The van der Waals surface area contributed by atoms with Crippen LogP contribution in [0.2, 0.25) is 0 Å². The Morgan fingerprint density at radius 3 is 2.54 bits per heavy atom. The Labute approximate surface area is 172 Å². The van der Waals surface area contributed by atoms with E-state index >= 15 is 0 Å². The fourth-order valence-electron chi connectivity index (χ4n) is 2.79. The van der Waals surface area contributed by atoms with Gasteiger partial charge in [-0.15, -0.1) is 12.4 Å². The molecule has 3 aromatic rings. The van der Waals surface area contributed by atoms with E-state index < -0.39 is 11.6 Å². The van der Waals surface area contributed by atoms with E-state index in [0.29, 0.717) is 22.9 Å². The van der Waals surface area contributed by atoms with Crippen molar-refractivity contribution in [3.05, 3.63) is 41.7 Å². The molecule has 0 radical (unpaired) electrons. The van der Waals surface area contributed by atoms with Crippen molar-refractivity contribution in [1.82, 2.24) is 19.7 Å². The molecule has 0 bridgehead atoms. The van der Waals surface area contributed by atoms with Crippen LogP contribution < -0.4 is 4.90 Å². The number of amides is 1. The van der Waals surface area contributed by atoms with Gasteiger partial charge < -0.3 is 4.90 Å². The van der Waals surface area contributed by atoms with Crippen LogP contribution in [0, 0.1) is 11.6 Å². The highest BCUT2D eigenvalue weighted by molar-refractivity contribution is 7.22. The van der Waals surface area contributed by atoms with Gasteiger partial charge in [-0.2, -0.15) is 5.10 Å². The summed E-state index contributed by atoms with van der Waals surface area (Å²) in [6.45, 7) is 6.80. The van der Waals surface area contributed by atoms with Gasteiger partial charge in [0.2, 0.25) is 0 Å². The molecule has 10 heteroatoms. The van der Waals surface area contributed by atoms with Gasteiger partial charge in [0.15, 0.2) is 16.6 Å². The van der Waals surface area contributed by atoms with Crippen molar-refractivity contribution in [3.63, 3.8) is 0 Å². The highest BCUT2D eigenvalue weighted by atomic mass is 35.5. The number of carbonyl (C=O) groups is 1. The molecule has 2 aromatic heterocycles. The molecule has 0 N–H and O–H groups in total. The largest absolute Gasteiger partial charge is 0.302 e. The number of aryl methyl sites for hydroxylation is 1. The molecule has 0 aliphatic heterocycles. The minimum atomic E-state index is -0.735. The van der Waals surface area contributed by atoms with Crippen molar-refractivity contribution in [2.24, 2.45) is 7.05 Å². The summed E-state index contributed by atoms with van der Waals surface area (Å²) in [5, 5.41) is 4.50. The number of hydrogen-bond donors (Lipinski definition) is 0. The minimum Gasteiger partial charge on any atom is -0.302 e. The van der Waals surface area contributed by atoms with Crippen molar-refractivity contribution in [1.29, 1.82) is 0 Å². The molecule has 0 saturated heterocycles. The van der Waals surface area contributed by atoms with Crippen LogP contribution in [-0.4, -0.2) is 51.8 Å². The number of nitrogens with zero attached hydrogens (tertiary/aromatic N) is 5. The maximum Gasteiger partial charge on any atom is 0.280 e. The van der Waals surface area contributed by atoms with E-state index in [1.54, 1.807) is 24.0 Å². The van der Waals surface area contributed by atoms with Gasteiger partial charge in [-0.3, -0.25) is 14.4 Å². The predicted octanol–water partition coefficient (Wildman–Crippen LogP) is 3.72. The average molecular weight is 430 g/mol. The highest BCUT2D eigenvalue weighted by Gasteiger charge is 2.24. The lowest BCUT2D eigenvalue weighted by Gasteiger charge is -2.24. The van der Waals surface area contributed by atoms with Gasteiger partial charge in [-0.1, -0.05) is 25.2 Å². The van der Waals surface area contributed by atoms with Crippen LogP contribution in [0.5, 0.6) is 0 Å². The highest BCUT2D eigenvalue weighted by Crippen LogP contribution is 2.31. The smallest absolute Gasteiger partial charge is 0.280 e. The predicted molar refractivity (Wildman–Crippen MR) is 109 cm³/mol. The molecular formula is C18H22ClF2N5OS. The van der Waals surface area contributed by atoms with Gasteiger partial charge in [0, 0.05) is 32.4 Å². The summed E-state index contributed by atoms with van der Waals surface area (Å²) in [5.74, 6) is -1.72. The van der Waals surface area contributed by atoms with Gasteiger partial charge in [0.05, 0.1) is 4.70 Å². The summed E-state index contributed by atoms with van der Waals surface area (Å²) in [6.07, 6.45) is 1.68. The Hall–Kier alpha value is -2.10. The van der Waals surface area contributed by atoms with Gasteiger partial charge in [0.25, 0.3) is 5.91 Å². The Morgan fingerprint density at radius 2 is 1.93 bits per heavy atom. The second kappa shape index (κ2) is 9.40. The molecule has 152 valence electrons. The van der Waals surface area contributed by atoms with E-state index in [4.69, 9.17) is 0 Å². The molecule has 0 atom stereocenters. The van der Waals surface area contributed by atoms with Crippen molar-refractivity contribution in [3.8, 4) is 0 Å². The molecule has 2 heterocycles. The quantitative estimate of drug-likeness (QED) is 0.574. The van der Waals surface area contributed by atoms with Crippen LogP contribution in [-0.2, 0) is 7.05 Å². The number of anilines is 1. The number of thiazole rings is 1. The molecule has 28 heavy (non-hydrogen) atoms. The zero-order valence-corrected chi connectivity index (χ0v) is 17.5. The van der Waals surface area contributed by atoms with Crippen molar-refractivity contribution < 1.29 is 13.6 Å². The lowest BCUT2D eigenvalue weighted by atomic mass is 10.3. The molecule has 1 amide bonds. The standard InChI is InChI=1S/C18H21F2N5OS.ClH/c1-4-24(5-2)8-9-25(17(26)14-6-7-23(3)22-14)18-21-16-13(20)10-12(19)11-15(16)27-18;/h6-7,10-11H,4-5,8-9H2,1-3H3;1H. The van der Waals surface area contributed by atoms with Gasteiger partial charge >= 0.3 is 0 Å². The fraction of sp³-hybridized carbons (Fsp3) is 0.389. The first-order valence-electron chi connectivity index (χ1n) is 8.72. The summed E-state index contributed by atoms with van der Waals surface area (Å²) in [6, 6.07) is 3.65. The number of aromatic nitrogens is 3. The van der Waals surface area contributed by atoms with Gasteiger partial charge in [-0.05, 0) is 25.2 Å². The molecule has 3 rings (SSSR count). The van der Waals surface area contributed by atoms with Crippen LogP contribution in [0.3, 0.4) is 0 Å². The lowest BCUT2D eigenvalue weighted by molar-refractivity contribution is 0.0978. The lowest BCUT2D eigenvalue weighted by Crippen LogP contribution is -2.39. The third-order valence-electron chi connectivity index (χ3n) is 4.34. The Bertz CT molecular complexity index is 957. The van der Waals surface area contributed by atoms with Gasteiger partial charge in [0.1, 0.15) is 11.3 Å². The first kappa shape index (κ1) is 22.2. The summed E-state index contributed by atoms with van der Waals surface area (Å²) >= 11 is 1.09. The topological polar surface area (TPSA) is 54.3 Å². The third-order valence-corrected chi connectivity index (χ3v) is 5.37. The summed E-state index contributed by atoms with van der Waals surface area (Å²) in [7, 11) is 1.73. The molecule has 0 unspecified atom stereocenters. The van der Waals surface area contributed by atoms with E-state index in [0.717, 1.165) is 30.5 Å². The van der Waals surface area contributed by atoms with Gasteiger partial charge in [-0.25, -0.2) is 13.8 Å². The number of benzene rings is 1. The van der Waals surface area contributed by atoms with Crippen LogP contribution >= 0.6 is 23.7 Å². The molecule has 1 aromatic carbocycles. The number of hydrogen-bond acceptors (Lipinski definition) is 5. The van der Waals surface area contributed by atoms with E-state index in [1.165, 1.54) is 11.0 Å². The van der Waals surface area contributed by atoms with Crippen LogP contribution in [0.15, 0.2) is 24.4 Å². The van der Waals surface area contributed by atoms with E-state index in [-0.39, 0.29) is 29.5 Å². The summed E-state index contributed by atoms with van der Waals surface area (Å²) < 4.78 is 29.5. The zero-order valence-electron chi connectivity index (χ0n) is 15.9. The normalized spacial score (nSPS) is 11.1. The molecule has 0 saturated carbocycles. The average Bonchev–Trinajstić information content (AvgIpc) is 3.25. The van der Waals surface area contributed by atoms with Crippen molar-refractivity contribution in [2.75, 3.05) is 31.1 Å². The molecule has 6 nitrogen and oxygen atoms in total. The van der Waals surface area contributed by atoms with Crippen molar-refractivity contribution in [2.45, 2.75) is 13.8 Å². The number of likely N-dealkylation sites (N-methyl/N-ethyl adjacent to an activating group) is 1. The second-order valence-corrected chi connectivity index (χ2v) is 7.10. The Kier molecular flexibility index (Phi) is 7.45. The Balaban J connectivity index is 0.00000280. The number of carbonyl (C=O) groups excluding carboxylic acids is 1. The Morgan fingerprint density at radius 1 is 1.21 bits per heavy atom. The molecular weight excluding hydrogens is 408 g/mol. The van der Waals surface area contributed by atoms with E-state index in [1.807, 2.05) is 13.8 Å².